The van der Waals surface area contributed by atoms with Crippen LogP contribution < -0.4 is 16.2 Å². The number of hydrogen-bond donors (Lipinski definition) is 2. The van der Waals surface area contributed by atoms with Crippen molar-refractivity contribution in [3.63, 3.8) is 0 Å². The molecule has 132 valence electrons. The van der Waals surface area contributed by atoms with Crippen molar-refractivity contribution < 1.29 is 4.79 Å². The molecule has 3 rings (SSSR count). The summed E-state index contributed by atoms with van der Waals surface area (Å²) in [5.41, 5.74) is 2.94. The van der Waals surface area contributed by atoms with Gasteiger partial charge in [-0.05, 0) is 28.8 Å². The molecule has 0 fully saturated rings. The Hall–Kier alpha value is -3.41. The zero-order valence-electron chi connectivity index (χ0n) is 14.3. The predicted molar refractivity (Wildman–Crippen MR) is 99.6 cm³/mol. The smallest absolute Gasteiger partial charge is 0.315 e. The maximum absolute atomic E-state index is 11.9. The third-order valence-corrected chi connectivity index (χ3v) is 3.90. The second-order valence-corrected chi connectivity index (χ2v) is 5.88. The minimum Gasteiger partial charge on any atom is -0.334 e. The molecule has 3 aromatic rings. The zero-order chi connectivity index (χ0) is 18.2. The molecular formula is C20H20N4O2. The monoisotopic (exact) mass is 348 g/mol. The van der Waals surface area contributed by atoms with Crippen molar-refractivity contribution >= 4 is 6.03 Å². The van der Waals surface area contributed by atoms with Gasteiger partial charge in [0.15, 0.2) is 0 Å². The van der Waals surface area contributed by atoms with E-state index in [0.717, 1.165) is 16.7 Å². The van der Waals surface area contributed by atoms with Crippen LogP contribution in [0.4, 0.5) is 4.79 Å². The molecule has 0 spiro atoms. The summed E-state index contributed by atoms with van der Waals surface area (Å²) < 4.78 is 1.65. The molecule has 0 aliphatic rings. The minimum absolute atomic E-state index is 0.0245. The predicted octanol–water partition coefficient (Wildman–Crippen LogP) is 2.29. The Bertz CT molecular complexity index is 905. The Kier molecular flexibility index (Phi) is 5.77. The largest absolute Gasteiger partial charge is 0.334 e. The van der Waals surface area contributed by atoms with E-state index in [0.29, 0.717) is 19.6 Å². The fraction of sp³-hybridized carbons (Fsp3) is 0.150. The van der Waals surface area contributed by atoms with Gasteiger partial charge in [0.25, 0.3) is 5.56 Å². The normalized spacial score (nSPS) is 10.3. The van der Waals surface area contributed by atoms with E-state index in [-0.39, 0.29) is 11.6 Å². The minimum atomic E-state index is -0.228. The number of hydrogen-bond acceptors (Lipinski definition) is 3. The topological polar surface area (TPSA) is 76.0 Å². The summed E-state index contributed by atoms with van der Waals surface area (Å²) in [4.78, 5) is 27.6. The fourth-order valence-corrected chi connectivity index (χ4v) is 2.48. The van der Waals surface area contributed by atoms with Gasteiger partial charge in [-0.1, -0.05) is 36.4 Å². The van der Waals surface area contributed by atoms with Crippen LogP contribution in [0.25, 0.3) is 0 Å². The average molecular weight is 348 g/mol. The van der Waals surface area contributed by atoms with Crippen molar-refractivity contribution in [1.82, 2.24) is 20.2 Å². The maximum atomic E-state index is 11.9. The maximum Gasteiger partial charge on any atom is 0.315 e. The van der Waals surface area contributed by atoms with Crippen LogP contribution >= 0.6 is 0 Å². The molecule has 2 amide bonds. The van der Waals surface area contributed by atoms with Crippen LogP contribution in [0.5, 0.6) is 0 Å². The van der Waals surface area contributed by atoms with Crippen LogP contribution in [0, 0.1) is 0 Å². The van der Waals surface area contributed by atoms with Crippen LogP contribution in [0.1, 0.15) is 16.7 Å². The summed E-state index contributed by atoms with van der Waals surface area (Å²) in [5, 5.41) is 5.61. The molecule has 2 aromatic heterocycles. The number of urea groups is 1. The number of pyridine rings is 2. The second kappa shape index (κ2) is 8.62. The van der Waals surface area contributed by atoms with E-state index in [4.69, 9.17) is 0 Å². The molecule has 0 atom stereocenters. The number of rotatable bonds is 6. The highest BCUT2D eigenvalue weighted by Crippen LogP contribution is 2.05. The van der Waals surface area contributed by atoms with E-state index in [1.807, 2.05) is 42.5 Å². The molecule has 2 N–H and O–H groups in total. The lowest BCUT2D eigenvalue weighted by atomic mass is 10.1. The van der Waals surface area contributed by atoms with Crippen molar-refractivity contribution in [2.24, 2.45) is 0 Å². The van der Waals surface area contributed by atoms with E-state index < -0.39 is 0 Å². The van der Waals surface area contributed by atoms with Gasteiger partial charge < -0.3 is 15.2 Å². The number of carbonyl (C=O) groups excluding carboxylic acids is 1. The van der Waals surface area contributed by atoms with Crippen molar-refractivity contribution in [1.29, 1.82) is 0 Å². The Morgan fingerprint density at radius 3 is 2.31 bits per heavy atom. The number of benzene rings is 1. The molecule has 0 saturated carbocycles. The molecule has 26 heavy (non-hydrogen) atoms. The van der Waals surface area contributed by atoms with Crippen molar-refractivity contribution in [3.8, 4) is 0 Å². The lowest BCUT2D eigenvalue weighted by Gasteiger charge is -2.09. The number of nitrogens with one attached hydrogen (secondary N) is 2. The van der Waals surface area contributed by atoms with Crippen molar-refractivity contribution in [3.05, 3.63) is 100 Å². The van der Waals surface area contributed by atoms with E-state index in [1.165, 1.54) is 0 Å². The highest BCUT2D eigenvalue weighted by molar-refractivity contribution is 5.73. The molecule has 6 nitrogen and oxygen atoms in total. The standard InChI is InChI=1S/C20H20N4O2/c25-19-5-1-2-11-24(19)15-17-8-6-16(7-9-17)13-22-20(26)23-14-18-4-3-10-21-12-18/h1-12H,13-15H2,(H2,22,23,26). The van der Waals surface area contributed by atoms with E-state index in [2.05, 4.69) is 15.6 Å². The molecule has 0 unspecified atom stereocenters. The van der Waals surface area contributed by atoms with Gasteiger partial charge in [0, 0.05) is 37.7 Å². The summed E-state index contributed by atoms with van der Waals surface area (Å²) >= 11 is 0. The van der Waals surface area contributed by atoms with Gasteiger partial charge in [-0.15, -0.1) is 0 Å². The summed E-state index contributed by atoms with van der Waals surface area (Å²) in [5.74, 6) is 0. The summed E-state index contributed by atoms with van der Waals surface area (Å²) in [7, 11) is 0. The number of carbonyl (C=O) groups is 1. The number of aromatic nitrogens is 2. The fourth-order valence-electron chi connectivity index (χ4n) is 2.48. The molecule has 0 aliphatic carbocycles. The van der Waals surface area contributed by atoms with Gasteiger partial charge in [0.1, 0.15) is 0 Å². The molecule has 0 radical (unpaired) electrons. The lowest BCUT2D eigenvalue weighted by Crippen LogP contribution is -2.34. The first kappa shape index (κ1) is 17.4. The highest BCUT2D eigenvalue weighted by Gasteiger charge is 2.02. The van der Waals surface area contributed by atoms with E-state index in [9.17, 15) is 9.59 Å². The van der Waals surface area contributed by atoms with Gasteiger partial charge in [-0.2, -0.15) is 0 Å². The van der Waals surface area contributed by atoms with Crippen LogP contribution in [-0.2, 0) is 19.6 Å². The van der Waals surface area contributed by atoms with Crippen molar-refractivity contribution in [2.75, 3.05) is 0 Å². The highest BCUT2D eigenvalue weighted by atomic mass is 16.2. The second-order valence-electron chi connectivity index (χ2n) is 5.88. The molecule has 0 bridgehead atoms. The first-order valence-corrected chi connectivity index (χ1v) is 8.34. The summed E-state index contributed by atoms with van der Waals surface area (Å²) in [6.45, 7) is 1.40. The first-order chi connectivity index (χ1) is 12.7. The molecule has 1 aromatic carbocycles. The molecule has 6 heteroatoms. The zero-order valence-corrected chi connectivity index (χ0v) is 14.3. The average Bonchev–Trinajstić information content (AvgIpc) is 2.68. The summed E-state index contributed by atoms with van der Waals surface area (Å²) in [6, 6.07) is 16.4. The van der Waals surface area contributed by atoms with Crippen LogP contribution in [0.3, 0.4) is 0 Å². The SMILES string of the molecule is O=C(NCc1ccc(Cn2ccccc2=O)cc1)NCc1cccnc1. The van der Waals surface area contributed by atoms with Crippen LogP contribution in [-0.4, -0.2) is 15.6 Å². The number of nitrogens with zero attached hydrogens (tertiary/aromatic N) is 2. The van der Waals surface area contributed by atoms with Gasteiger partial charge in [0.2, 0.25) is 0 Å². The van der Waals surface area contributed by atoms with Gasteiger partial charge in [0.05, 0.1) is 6.54 Å². The third-order valence-electron chi connectivity index (χ3n) is 3.90. The summed E-state index contributed by atoms with van der Waals surface area (Å²) in [6.07, 6.45) is 5.18. The first-order valence-electron chi connectivity index (χ1n) is 8.34. The van der Waals surface area contributed by atoms with Gasteiger partial charge >= 0.3 is 6.03 Å². The quantitative estimate of drug-likeness (QED) is 0.718. The van der Waals surface area contributed by atoms with Crippen LogP contribution in [0.2, 0.25) is 0 Å². The van der Waals surface area contributed by atoms with Gasteiger partial charge in [-0.25, -0.2) is 4.79 Å². The Labute approximate surface area is 151 Å². The van der Waals surface area contributed by atoms with Gasteiger partial charge in [-0.3, -0.25) is 9.78 Å². The lowest BCUT2D eigenvalue weighted by molar-refractivity contribution is 0.240. The number of amides is 2. The third kappa shape index (κ3) is 5.04. The molecule has 2 heterocycles. The van der Waals surface area contributed by atoms with E-state index in [1.54, 1.807) is 35.3 Å². The Morgan fingerprint density at radius 2 is 1.62 bits per heavy atom. The Morgan fingerprint density at radius 1 is 0.885 bits per heavy atom. The Balaban J connectivity index is 1.47. The molecule has 0 saturated heterocycles. The van der Waals surface area contributed by atoms with Crippen LogP contribution in [0.15, 0.2) is 78.0 Å². The van der Waals surface area contributed by atoms with Crippen molar-refractivity contribution in [2.45, 2.75) is 19.6 Å². The molecular weight excluding hydrogens is 328 g/mol. The van der Waals surface area contributed by atoms with E-state index >= 15 is 0 Å². The molecule has 0 aliphatic heterocycles.